The maximum absolute atomic E-state index is 12.4. The highest BCUT2D eigenvalue weighted by Gasteiger charge is 2.27. The molecule has 5 nitrogen and oxygen atoms in total. The Balaban J connectivity index is 2.03. The Hall–Kier alpha value is -2.04. The third-order valence-corrected chi connectivity index (χ3v) is 4.18. The number of hydrogen-bond donors (Lipinski definition) is 1. The third-order valence-electron chi connectivity index (χ3n) is 4.18. The topological polar surface area (TPSA) is 66.8 Å². The third kappa shape index (κ3) is 4.48. The van der Waals surface area contributed by atoms with Gasteiger partial charge in [0.15, 0.2) is 0 Å². The van der Waals surface area contributed by atoms with Gasteiger partial charge < -0.3 is 9.84 Å². The molecule has 1 aromatic carbocycles. The lowest BCUT2D eigenvalue weighted by Gasteiger charge is -2.29. The molecule has 1 N–H and O–H groups in total. The fourth-order valence-corrected chi connectivity index (χ4v) is 2.93. The molecule has 2 rings (SSSR count). The van der Waals surface area contributed by atoms with Gasteiger partial charge in [0.1, 0.15) is 12.6 Å². The molecule has 22 heavy (non-hydrogen) atoms. The zero-order valence-electron chi connectivity index (χ0n) is 12.9. The fourth-order valence-electron chi connectivity index (χ4n) is 2.93. The molecule has 0 saturated heterocycles. The molecule has 0 aliphatic heterocycles. The van der Waals surface area contributed by atoms with Crippen molar-refractivity contribution in [1.82, 2.24) is 0 Å². The maximum Gasteiger partial charge on any atom is 0.415 e. The number of amides is 1. The number of carboxylic acids is 1. The fraction of sp³-hybridized carbons (Fsp3) is 0.529. The van der Waals surface area contributed by atoms with Crippen LogP contribution in [-0.4, -0.2) is 29.8 Å². The van der Waals surface area contributed by atoms with E-state index >= 15 is 0 Å². The second kappa shape index (κ2) is 7.82. The number of para-hydroxylation sites is 1. The van der Waals surface area contributed by atoms with Gasteiger partial charge in [0.25, 0.3) is 0 Å². The minimum atomic E-state index is -1.06. The van der Waals surface area contributed by atoms with Crippen LogP contribution < -0.4 is 4.90 Å². The molecule has 0 heterocycles. The van der Waals surface area contributed by atoms with Crippen LogP contribution in [0.5, 0.6) is 0 Å². The molecular weight excluding hydrogens is 282 g/mol. The first kappa shape index (κ1) is 16.3. The molecule has 1 saturated carbocycles. The Kier molecular flexibility index (Phi) is 5.81. The standard InChI is InChI=1S/C17H23NO4/c1-13(14-8-4-2-5-9-14)22-17(21)18(12-16(19)20)15-10-6-3-7-11-15/h3,6-7,10-11,13-14H,2,4-5,8-9,12H2,1H3,(H,19,20). The van der Waals surface area contributed by atoms with E-state index in [2.05, 4.69) is 0 Å². The van der Waals surface area contributed by atoms with Gasteiger partial charge in [0.2, 0.25) is 0 Å². The lowest BCUT2D eigenvalue weighted by Crippen LogP contribution is -2.39. The van der Waals surface area contributed by atoms with Gasteiger partial charge in [-0.2, -0.15) is 0 Å². The van der Waals surface area contributed by atoms with Gasteiger partial charge in [-0.3, -0.25) is 9.69 Å². The Morgan fingerprint density at radius 2 is 1.86 bits per heavy atom. The predicted octanol–water partition coefficient (Wildman–Crippen LogP) is 3.68. The zero-order valence-corrected chi connectivity index (χ0v) is 12.9. The number of carbonyl (C=O) groups is 2. The number of anilines is 1. The molecule has 0 spiro atoms. The summed E-state index contributed by atoms with van der Waals surface area (Å²) in [5, 5.41) is 9.03. The molecular formula is C17H23NO4. The number of aliphatic carboxylic acids is 1. The highest BCUT2D eigenvalue weighted by atomic mass is 16.6. The summed E-state index contributed by atoms with van der Waals surface area (Å²) in [6.07, 6.45) is 4.94. The molecule has 1 fully saturated rings. The highest BCUT2D eigenvalue weighted by Crippen LogP contribution is 2.28. The second-order valence-electron chi connectivity index (χ2n) is 5.80. The van der Waals surface area contributed by atoms with Crippen molar-refractivity contribution < 1.29 is 19.4 Å². The normalized spacial score (nSPS) is 16.8. The van der Waals surface area contributed by atoms with Crippen molar-refractivity contribution in [2.24, 2.45) is 5.92 Å². The van der Waals surface area contributed by atoms with Crippen LogP contribution in [0.1, 0.15) is 39.0 Å². The molecule has 0 aromatic heterocycles. The summed E-state index contributed by atoms with van der Waals surface area (Å²) in [7, 11) is 0. The van der Waals surface area contributed by atoms with Crippen LogP contribution in [0.3, 0.4) is 0 Å². The van der Waals surface area contributed by atoms with Crippen LogP contribution in [-0.2, 0) is 9.53 Å². The van der Waals surface area contributed by atoms with E-state index in [0.29, 0.717) is 11.6 Å². The van der Waals surface area contributed by atoms with Gasteiger partial charge in [0.05, 0.1) is 0 Å². The summed E-state index contributed by atoms with van der Waals surface area (Å²) in [4.78, 5) is 24.6. The van der Waals surface area contributed by atoms with Crippen molar-refractivity contribution in [3.8, 4) is 0 Å². The van der Waals surface area contributed by atoms with Crippen molar-refractivity contribution in [1.29, 1.82) is 0 Å². The van der Waals surface area contributed by atoms with E-state index in [-0.39, 0.29) is 6.10 Å². The van der Waals surface area contributed by atoms with Gasteiger partial charge in [-0.1, -0.05) is 37.5 Å². The molecule has 0 bridgehead atoms. The van der Waals surface area contributed by atoms with E-state index in [1.54, 1.807) is 24.3 Å². The monoisotopic (exact) mass is 305 g/mol. The van der Waals surface area contributed by atoms with Crippen molar-refractivity contribution in [3.63, 3.8) is 0 Å². The van der Waals surface area contributed by atoms with Crippen LogP contribution in [0, 0.1) is 5.92 Å². The average Bonchev–Trinajstić information content (AvgIpc) is 2.54. The van der Waals surface area contributed by atoms with Crippen molar-refractivity contribution in [3.05, 3.63) is 30.3 Å². The van der Waals surface area contributed by atoms with Crippen LogP contribution >= 0.6 is 0 Å². The Morgan fingerprint density at radius 3 is 2.45 bits per heavy atom. The minimum Gasteiger partial charge on any atom is -0.480 e. The summed E-state index contributed by atoms with van der Waals surface area (Å²) in [6, 6.07) is 8.76. The summed E-state index contributed by atoms with van der Waals surface area (Å²) >= 11 is 0. The number of rotatable bonds is 5. The Morgan fingerprint density at radius 1 is 1.23 bits per heavy atom. The van der Waals surface area contributed by atoms with E-state index < -0.39 is 18.6 Å². The minimum absolute atomic E-state index is 0.187. The molecule has 1 aliphatic rings. The quantitative estimate of drug-likeness (QED) is 0.901. The smallest absolute Gasteiger partial charge is 0.415 e. The van der Waals surface area contributed by atoms with Gasteiger partial charge in [-0.15, -0.1) is 0 Å². The van der Waals surface area contributed by atoms with E-state index in [9.17, 15) is 9.59 Å². The molecule has 1 amide bonds. The number of nitrogens with zero attached hydrogens (tertiary/aromatic N) is 1. The van der Waals surface area contributed by atoms with E-state index in [4.69, 9.17) is 9.84 Å². The molecule has 1 aliphatic carbocycles. The molecule has 5 heteroatoms. The summed E-state index contributed by atoms with van der Waals surface area (Å²) in [6.45, 7) is 1.50. The van der Waals surface area contributed by atoms with Crippen LogP contribution in [0.2, 0.25) is 0 Å². The Labute approximate surface area is 130 Å². The largest absolute Gasteiger partial charge is 0.480 e. The summed E-state index contributed by atoms with van der Waals surface area (Å²) < 4.78 is 5.53. The molecule has 1 atom stereocenters. The molecule has 120 valence electrons. The SMILES string of the molecule is CC(OC(=O)N(CC(=O)O)c1ccccc1)C1CCCCC1. The van der Waals surface area contributed by atoms with Gasteiger partial charge in [-0.05, 0) is 37.8 Å². The molecule has 1 aromatic rings. The van der Waals surface area contributed by atoms with E-state index in [1.165, 1.54) is 24.2 Å². The molecule has 0 radical (unpaired) electrons. The predicted molar refractivity (Wildman–Crippen MR) is 83.9 cm³/mol. The highest BCUT2D eigenvalue weighted by molar-refractivity contribution is 5.93. The first-order valence-electron chi connectivity index (χ1n) is 7.83. The number of carbonyl (C=O) groups excluding carboxylic acids is 1. The van der Waals surface area contributed by atoms with Crippen molar-refractivity contribution in [2.45, 2.75) is 45.1 Å². The summed E-state index contributed by atoms with van der Waals surface area (Å²) in [5.74, 6) is -0.689. The number of carboxylic acid groups (broad SMARTS) is 1. The number of benzene rings is 1. The van der Waals surface area contributed by atoms with Crippen LogP contribution in [0.15, 0.2) is 30.3 Å². The lowest BCUT2D eigenvalue weighted by atomic mass is 9.86. The van der Waals surface area contributed by atoms with Gasteiger partial charge >= 0.3 is 12.1 Å². The zero-order chi connectivity index (χ0) is 15.9. The van der Waals surface area contributed by atoms with Gasteiger partial charge in [0, 0.05) is 5.69 Å². The van der Waals surface area contributed by atoms with Crippen molar-refractivity contribution in [2.75, 3.05) is 11.4 Å². The van der Waals surface area contributed by atoms with E-state index in [0.717, 1.165) is 12.8 Å². The maximum atomic E-state index is 12.4. The van der Waals surface area contributed by atoms with Gasteiger partial charge in [-0.25, -0.2) is 4.79 Å². The lowest BCUT2D eigenvalue weighted by molar-refractivity contribution is -0.135. The average molecular weight is 305 g/mol. The number of hydrogen-bond acceptors (Lipinski definition) is 3. The first-order chi connectivity index (χ1) is 10.6. The van der Waals surface area contributed by atoms with Crippen LogP contribution in [0.25, 0.3) is 0 Å². The summed E-state index contributed by atoms with van der Waals surface area (Å²) in [5.41, 5.74) is 0.533. The molecule has 1 unspecified atom stereocenters. The second-order valence-corrected chi connectivity index (χ2v) is 5.80. The number of ether oxygens (including phenoxy) is 1. The van der Waals surface area contributed by atoms with E-state index in [1.807, 2.05) is 13.0 Å². The first-order valence-corrected chi connectivity index (χ1v) is 7.83. The Bertz CT molecular complexity index is 497. The van der Waals surface area contributed by atoms with Crippen LogP contribution in [0.4, 0.5) is 10.5 Å². The van der Waals surface area contributed by atoms with Crippen molar-refractivity contribution >= 4 is 17.7 Å².